The molecule has 0 aliphatic carbocycles. The average molecular weight is 187 g/mol. The van der Waals surface area contributed by atoms with Gasteiger partial charge in [0.15, 0.2) is 0 Å². The number of carboxylic acids is 1. The molecule has 1 aromatic rings. The fourth-order valence-electron chi connectivity index (χ4n) is 0.821. The van der Waals surface area contributed by atoms with Crippen LogP contribution in [-0.4, -0.2) is 16.1 Å². The average Bonchev–Trinajstić information content (AvgIpc) is 2.03. The zero-order chi connectivity index (χ0) is 10.1. The van der Waals surface area contributed by atoms with E-state index in [2.05, 4.69) is 4.98 Å². The van der Waals surface area contributed by atoms with Gasteiger partial charge < -0.3 is 5.11 Å². The molecular weight excluding hydrogens is 180 g/mol. The van der Waals surface area contributed by atoms with Crippen molar-refractivity contribution >= 4 is 5.97 Å². The lowest BCUT2D eigenvalue weighted by Gasteiger charge is -2.09. The molecule has 0 unspecified atom stereocenters. The van der Waals surface area contributed by atoms with Gasteiger partial charge in [-0.1, -0.05) is 0 Å². The molecule has 13 heavy (non-hydrogen) atoms. The smallest absolute Gasteiger partial charge is 0.354 e. The summed E-state index contributed by atoms with van der Waals surface area (Å²) in [6.45, 7) is 0.702. The van der Waals surface area contributed by atoms with E-state index < -0.39 is 11.9 Å². The van der Waals surface area contributed by atoms with Gasteiger partial charge in [-0.05, 0) is 12.1 Å². The number of halogens is 2. The zero-order valence-corrected chi connectivity index (χ0v) is 6.79. The summed E-state index contributed by atoms with van der Waals surface area (Å²) in [4.78, 5) is 13.8. The molecule has 0 aliphatic heterocycles. The first-order valence-corrected chi connectivity index (χ1v) is 3.49. The second-order valence-corrected chi connectivity index (χ2v) is 2.62. The van der Waals surface area contributed by atoms with Crippen LogP contribution in [0.25, 0.3) is 0 Å². The summed E-state index contributed by atoms with van der Waals surface area (Å²) in [6.07, 6.45) is 1.05. The predicted molar refractivity (Wildman–Crippen MR) is 40.8 cm³/mol. The maximum Gasteiger partial charge on any atom is 0.354 e. The van der Waals surface area contributed by atoms with Crippen LogP contribution in [0.2, 0.25) is 0 Å². The Morgan fingerprint density at radius 1 is 1.62 bits per heavy atom. The third-order valence-corrected chi connectivity index (χ3v) is 1.49. The first kappa shape index (κ1) is 9.57. The monoisotopic (exact) mass is 187 g/mol. The third kappa shape index (κ3) is 2.21. The van der Waals surface area contributed by atoms with Crippen LogP contribution in [0.4, 0.5) is 8.78 Å². The van der Waals surface area contributed by atoms with E-state index in [4.69, 9.17) is 5.11 Å². The van der Waals surface area contributed by atoms with Crippen molar-refractivity contribution in [3.8, 4) is 0 Å². The highest BCUT2D eigenvalue weighted by molar-refractivity contribution is 5.85. The van der Waals surface area contributed by atoms with Crippen LogP contribution in [-0.2, 0) is 5.92 Å². The lowest BCUT2D eigenvalue weighted by Crippen LogP contribution is -2.09. The van der Waals surface area contributed by atoms with Crippen molar-refractivity contribution in [3.63, 3.8) is 0 Å². The van der Waals surface area contributed by atoms with Crippen molar-refractivity contribution < 1.29 is 18.7 Å². The molecule has 0 radical (unpaired) electrons. The fraction of sp³-hybridized carbons (Fsp3) is 0.250. The molecule has 5 heteroatoms. The van der Waals surface area contributed by atoms with Gasteiger partial charge in [0.25, 0.3) is 5.92 Å². The lowest BCUT2D eigenvalue weighted by molar-refractivity contribution is 0.0173. The number of aromatic nitrogens is 1. The van der Waals surface area contributed by atoms with Crippen molar-refractivity contribution in [2.24, 2.45) is 0 Å². The summed E-state index contributed by atoms with van der Waals surface area (Å²) in [5.41, 5.74) is -0.723. The quantitative estimate of drug-likeness (QED) is 0.769. The van der Waals surface area contributed by atoms with Crippen molar-refractivity contribution in [1.82, 2.24) is 4.98 Å². The summed E-state index contributed by atoms with van der Waals surface area (Å²) in [7, 11) is 0. The predicted octanol–water partition coefficient (Wildman–Crippen LogP) is 1.89. The Hall–Kier alpha value is -1.52. The van der Waals surface area contributed by atoms with E-state index in [-0.39, 0.29) is 11.3 Å². The molecule has 0 fully saturated rings. The van der Waals surface area contributed by atoms with Gasteiger partial charge in [0.2, 0.25) is 0 Å². The minimum Gasteiger partial charge on any atom is -0.477 e. The summed E-state index contributed by atoms with van der Waals surface area (Å²) in [5, 5.41) is 8.47. The number of rotatable bonds is 2. The van der Waals surface area contributed by atoms with Gasteiger partial charge in [-0.15, -0.1) is 0 Å². The topological polar surface area (TPSA) is 50.2 Å². The highest BCUT2D eigenvalue weighted by Crippen LogP contribution is 2.26. The third-order valence-electron chi connectivity index (χ3n) is 1.49. The first-order chi connectivity index (χ1) is 5.91. The van der Waals surface area contributed by atoms with Gasteiger partial charge in [-0.2, -0.15) is 0 Å². The molecular formula is C8H7F2NO2. The normalized spacial score (nSPS) is 11.3. The summed E-state index contributed by atoms with van der Waals surface area (Å²) in [6, 6.07) is 1.95. The molecule has 0 aromatic carbocycles. The Morgan fingerprint density at radius 2 is 2.23 bits per heavy atom. The molecule has 1 heterocycles. The number of nitrogens with zero attached hydrogens (tertiary/aromatic N) is 1. The Kier molecular flexibility index (Phi) is 2.27. The van der Waals surface area contributed by atoms with Gasteiger partial charge >= 0.3 is 5.97 Å². The van der Waals surface area contributed by atoms with E-state index in [1.54, 1.807) is 0 Å². The van der Waals surface area contributed by atoms with Gasteiger partial charge in [-0.3, -0.25) is 0 Å². The van der Waals surface area contributed by atoms with E-state index in [0.717, 1.165) is 18.3 Å². The van der Waals surface area contributed by atoms with Crippen LogP contribution in [0.5, 0.6) is 0 Å². The van der Waals surface area contributed by atoms with Gasteiger partial charge in [-0.25, -0.2) is 18.6 Å². The van der Waals surface area contributed by atoms with Gasteiger partial charge in [0.1, 0.15) is 5.69 Å². The van der Waals surface area contributed by atoms with Crippen LogP contribution < -0.4 is 0 Å². The molecule has 1 rings (SSSR count). The molecule has 0 aliphatic rings. The largest absolute Gasteiger partial charge is 0.477 e. The lowest BCUT2D eigenvalue weighted by atomic mass is 10.1. The van der Waals surface area contributed by atoms with Crippen LogP contribution in [0.15, 0.2) is 18.3 Å². The van der Waals surface area contributed by atoms with Gasteiger partial charge in [0, 0.05) is 18.7 Å². The number of carboxylic acid groups (broad SMARTS) is 1. The number of hydrogen-bond donors (Lipinski definition) is 1. The molecule has 70 valence electrons. The first-order valence-electron chi connectivity index (χ1n) is 3.49. The number of aromatic carboxylic acids is 1. The van der Waals surface area contributed by atoms with Crippen LogP contribution in [0.3, 0.4) is 0 Å². The number of pyridine rings is 1. The van der Waals surface area contributed by atoms with Crippen LogP contribution in [0, 0.1) is 0 Å². The molecule has 0 amide bonds. The highest BCUT2D eigenvalue weighted by Gasteiger charge is 2.25. The second kappa shape index (κ2) is 3.08. The second-order valence-electron chi connectivity index (χ2n) is 2.62. The molecule has 0 spiro atoms. The number of carbonyl (C=O) groups is 1. The highest BCUT2D eigenvalue weighted by atomic mass is 19.3. The fourth-order valence-corrected chi connectivity index (χ4v) is 0.821. The molecule has 0 saturated heterocycles. The number of alkyl halides is 2. The Morgan fingerprint density at radius 3 is 2.69 bits per heavy atom. The van der Waals surface area contributed by atoms with Gasteiger partial charge in [0.05, 0.1) is 0 Å². The van der Waals surface area contributed by atoms with Crippen molar-refractivity contribution in [1.29, 1.82) is 0 Å². The summed E-state index contributed by atoms with van der Waals surface area (Å²) < 4.78 is 25.4. The minimum atomic E-state index is -3.03. The summed E-state index contributed by atoms with van der Waals surface area (Å²) in [5.74, 6) is -4.35. The Labute approximate surface area is 73.0 Å². The standard InChI is InChI=1S/C8H7F2NO2/c1-8(9,10)5-2-3-11-6(4-5)7(12)13/h2-4H,1H3,(H,12,13). The molecule has 1 aromatic heterocycles. The zero-order valence-electron chi connectivity index (χ0n) is 6.79. The summed E-state index contributed by atoms with van der Waals surface area (Å²) >= 11 is 0. The molecule has 0 bridgehead atoms. The van der Waals surface area contributed by atoms with E-state index in [0.29, 0.717) is 6.92 Å². The molecule has 3 nitrogen and oxygen atoms in total. The van der Waals surface area contributed by atoms with Crippen molar-refractivity contribution in [2.45, 2.75) is 12.8 Å². The molecule has 0 atom stereocenters. The van der Waals surface area contributed by atoms with E-state index in [1.807, 2.05) is 0 Å². The van der Waals surface area contributed by atoms with Crippen LogP contribution >= 0.6 is 0 Å². The Bertz CT molecular complexity index is 333. The van der Waals surface area contributed by atoms with E-state index >= 15 is 0 Å². The molecule has 1 N–H and O–H groups in total. The van der Waals surface area contributed by atoms with Crippen molar-refractivity contribution in [3.05, 3.63) is 29.6 Å². The van der Waals surface area contributed by atoms with E-state index in [1.165, 1.54) is 0 Å². The number of hydrogen-bond acceptors (Lipinski definition) is 2. The molecule has 0 saturated carbocycles. The maximum atomic E-state index is 12.7. The van der Waals surface area contributed by atoms with E-state index in [9.17, 15) is 13.6 Å². The van der Waals surface area contributed by atoms with Crippen molar-refractivity contribution in [2.75, 3.05) is 0 Å². The minimum absolute atomic E-state index is 0.347. The Balaban J connectivity index is 3.13. The maximum absolute atomic E-state index is 12.7. The SMILES string of the molecule is CC(F)(F)c1ccnc(C(=O)O)c1. The van der Waals surface area contributed by atoms with Crippen LogP contribution in [0.1, 0.15) is 23.0 Å².